The molecule has 4 rings (SSSR count). The number of thiophene rings is 1. The Kier molecular flexibility index (Phi) is 5.96. The maximum atomic E-state index is 12.9. The molecule has 3 heterocycles. The van der Waals surface area contributed by atoms with Gasteiger partial charge in [0.15, 0.2) is 0 Å². The van der Waals surface area contributed by atoms with Crippen LogP contribution in [0.4, 0.5) is 0 Å². The molecule has 0 radical (unpaired) electrons. The van der Waals surface area contributed by atoms with Crippen molar-refractivity contribution in [1.29, 1.82) is 0 Å². The maximum absolute atomic E-state index is 12.9. The number of amides is 3. The summed E-state index contributed by atoms with van der Waals surface area (Å²) < 4.78 is 0. The van der Waals surface area contributed by atoms with Crippen LogP contribution in [0.2, 0.25) is 0 Å². The van der Waals surface area contributed by atoms with Crippen LogP contribution in [0.1, 0.15) is 41.8 Å². The van der Waals surface area contributed by atoms with Crippen molar-refractivity contribution in [1.82, 2.24) is 20.0 Å². The SMILES string of the molecule is O=C1NCCN(C2CCCC2)[C@H]1CC(=O)N1CCN(C(=O)c2cccs2)CC1. The molecule has 0 bridgehead atoms. The normalized spacial score (nSPS) is 24.4. The number of piperazine rings is 2. The lowest BCUT2D eigenvalue weighted by Gasteiger charge is -2.40. The fourth-order valence-corrected chi connectivity index (χ4v) is 5.32. The molecule has 152 valence electrons. The van der Waals surface area contributed by atoms with Crippen LogP contribution in [0.25, 0.3) is 0 Å². The van der Waals surface area contributed by atoms with Crippen molar-refractivity contribution in [3.8, 4) is 0 Å². The van der Waals surface area contributed by atoms with E-state index in [9.17, 15) is 14.4 Å². The first-order valence-corrected chi connectivity index (χ1v) is 11.2. The van der Waals surface area contributed by atoms with Crippen LogP contribution in [0.3, 0.4) is 0 Å². The molecule has 1 N–H and O–H groups in total. The van der Waals surface area contributed by atoms with Crippen molar-refractivity contribution >= 4 is 29.1 Å². The Morgan fingerprint density at radius 1 is 1.07 bits per heavy atom. The van der Waals surface area contributed by atoms with Gasteiger partial charge in [-0.05, 0) is 24.3 Å². The van der Waals surface area contributed by atoms with Crippen molar-refractivity contribution < 1.29 is 14.4 Å². The van der Waals surface area contributed by atoms with Crippen LogP contribution >= 0.6 is 11.3 Å². The van der Waals surface area contributed by atoms with Gasteiger partial charge in [0.1, 0.15) is 0 Å². The predicted octanol–water partition coefficient (Wildman–Crippen LogP) is 1.17. The van der Waals surface area contributed by atoms with Gasteiger partial charge >= 0.3 is 0 Å². The Morgan fingerprint density at radius 2 is 1.79 bits per heavy atom. The molecule has 28 heavy (non-hydrogen) atoms. The summed E-state index contributed by atoms with van der Waals surface area (Å²) in [6, 6.07) is 3.80. The van der Waals surface area contributed by atoms with Gasteiger partial charge in [-0.1, -0.05) is 18.9 Å². The van der Waals surface area contributed by atoms with Crippen molar-refractivity contribution in [2.75, 3.05) is 39.3 Å². The average molecular weight is 405 g/mol. The topological polar surface area (TPSA) is 73.0 Å². The molecule has 0 unspecified atom stereocenters. The first-order chi connectivity index (χ1) is 13.6. The highest BCUT2D eigenvalue weighted by atomic mass is 32.1. The molecule has 0 spiro atoms. The molecule has 2 saturated heterocycles. The lowest BCUT2D eigenvalue weighted by molar-refractivity contribution is -0.140. The second-order valence-corrected chi connectivity index (χ2v) is 8.79. The van der Waals surface area contributed by atoms with Crippen molar-refractivity contribution in [3.05, 3.63) is 22.4 Å². The molecule has 7 nitrogen and oxygen atoms in total. The number of carbonyl (C=O) groups excluding carboxylic acids is 3. The van der Waals surface area contributed by atoms with Crippen molar-refractivity contribution in [2.24, 2.45) is 0 Å². The minimum absolute atomic E-state index is 0.0157. The Hall–Kier alpha value is -1.93. The zero-order valence-corrected chi connectivity index (χ0v) is 17.0. The molecule has 1 aromatic rings. The maximum Gasteiger partial charge on any atom is 0.264 e. The van der Waals surface area contributed by atoms with Gasteiger partial charge in [-0.2, -0.15) is 0 Å². The molecule has 1 atom stereocenters. The second kappa shape index (κ2) is 8.61. The molecule has 3 fully saturated rings. The molecule has 1 saturated carbocycles. The lowest BCUT2D eigenvalue weighted by atomic mass is 10.0. The van der Waals surface area contributed by atoms with E-state index in [1.54, 1.807) is 0 Å². The van der Waals surface area contributed by atoms with Crippen LogP contribution in [-0.4, -0.2) is 83.8 Å². The van der Waals surface area contributed by atoms with Gasteiger partial charge < -0.3 is 15.1 Å². The zero-order valence-electron chi connectivity index (χ0n) is 16.1. The second-order valence-electron chi connectivity index (χ2n) is 7.84. The third-order valence-corrected chi connectivity index (χ3v) is 7.04. The third kappa shape index (κ3) is 4.07. The van der Waals surface area contributed by atoms with E-state index in [1.807, 2.05) is 27.3 Å². The zero-order chi connectivity index (χ0) is 19.5. The highest BCUT2D eigenvalue weighted by molar-refractivity contribution is 7.12. The molecule has 3 amide bonds. The van der Waals surface area contributed by atoms with E-state index in [-0.39, 0.29) is 30.2 Å². The van der Waals surface area contributed by atoms with E-state index in [0.29, 0.717) is 38.8 Å². The summed E-state index contributed by atoms with van der Waals surface area (Å²) in [4.78, 5) is 44.5. The van der Waals surface area contributed by atoms with Crippen LogP contribution in [0.5, 0.6) is 0 Å². The smallest absolute Gasteiger partial charge is 0.264 e. The molecule has 8 heteroatoms. The Morgan fingerprint density at radius 3 is 2.46 bits per heavy atom. The number of hydrogen-bond donors (Lipinski definition) is 1. The highest BCUT2D eigenvalue weighted by Crippen LogP contribution is 2.27. The summed E-state index contributed by atoms with van der Waals surface area (Å²) in [6.07, 6.45) is 4.91. The Labute approximate surface area is 169 Å². The Bertz CT molecular complexity index is 709. The molecule has 1 aliphatic carbocycles. The molecule has 2 aliphatic heterocycles. The average Bonchev–Trinajstić information content (AvgIpc) is 3.43. The standard InChI is InChI=1S/C20H28N4O3S/c25-18(14-16-19(26)21-7-8-24(16)15-4-1-2-5-15)22-9-11-23(12-10-22)20(27)17-6-3-13-28-17/h3,6,13,15-16H,1-2,4-5,7-12,14H2,(H,21,26)/t16-/m0/s1. The minimum atomic E-state index is -0.352. The number of hydrogen-bond acceptors (Lipinski definition) is 5. The summed E-state index contributed by atoms with van der Waals surface area (Å²) in [5.74, 6) is 0.0486. The molecule has 1 aromatic heterocycles. The minimum Gasteiger partial charge on any atom is -0.353 e. The molecule has 3 aliphatic rings. The number of nitrogens with one attached hydrogen (secondary N) is 1. The van der Waals surface area contributed by atoms with Gasteiger partial charge in [-0.3, -0.25) is 19.3 Å². The Balaban J connectivity index is 1.33. The first-order valence-electron chi connectivity index (χ1n) is 10.3. The van der Waals surface area contributed by atoms with Gasteiger partial charge in [0.05, 0.1) is 17.3 Å². The summed E-state index contributed by atoms with van der Waals surface area (Å²) in [6.45, 7) is 3.67. The van der Waals surface area contributed by atoms with E-state index in [1.165, 1.54) is 24.2 Å². The predicted molar refractivity (Wildman–Crippen MR) is 107 cm³/mol. The third-order valence-electron chi connectivity index (χ3n) is 6.19. The van der Waals surface area contributed by atoms with Crippen molar-refractivity contribution in [3.63, 3.8) is 0 Å². The summed E-state index contributed by atoms with van der Waals surface area (Å²) in [5, 5.41) is 4.83. The van der Waals surface area contributed by atoms with E-state index in [4.69, 9.17) is 0 Å². The molecule has 0 aromatic carbocycles. The number of nitrogens with zero attached hydrogens (tertiary/aromatic N) is 3. The monoisotopic (exact) mass is 404 g/mol. The van der Waals surface area contributed by atoms with Gasteiger partial charge in [-0.25, -0.2) is 0 Å². The largest absolute Gasteiger partial charge is 0.353 e. The van der Waals surface area contributed by atoms with E-state index in [0.717, 1.165) is 24.3 Å². The van der Waals surface area contributed by atoms with Crippen LogP contribution in [0, 0.1) is 0 Å². The van der Waals surface area contributed by atoms with Gasteiger partial charge in [-0.15, -0.1) is 11.3 Å². The van der Waals surface area contributed by atoms with Crippen molar-refractivity contribution in [2.45, 2.75) is 44.2 Å². The number of rotatable bonds is 4. The van der Waals surface area contributed by atoms with E-state index in [2.05, 4.69) is 10.2 Å². The fourth-order valence-electron chi connectivity index (χ4n) is 4.62. The van der Waals surface area contributed by atoms with E-state index < -0.39 is 0 Å². The van der Waals surface area contributed by atoms with Crippen LogP contribution < -0.4 is 5.32 Å². The summed E-state index contributed by atoms with van der Waals surface area (Å²) in [7, 11) is 0. The number of carbonyl (C=O) groups is 3. The van der Waals surface area contributed by atoms with Crippen LogP contribution in [-0.2, 0) is 9.59 Å². The molecular formula is C20H28N4O3S. The van der Waals surface area contributed by atoms with Gasteiger partial charge in [0.25, 0.3) is 5.91 Å². The fraction of sp³-hybridized carbons (Fsp3) is 0.650. The molecular weight excluding hydrogens is 376 g/mol. The summed E-state index contributed by atoms with van der Waals surface area (Å²) >= 11 is 1.45. The van der Waals surface area contributed by atoms with Gasteiger partial charge in [0, 0.05) is 45.3 Å². The lowest BCUT2D eigenvalue weighted by Crippen LogP contribution is -2.60. The van der Waals surface area contributed by atoms with Crippen LogP contribution in [0.15, 0.2) is 17.5 Å². The quantitative estimate of drug-likeness (QED) is 0.818. The highest BCUT2D eigenvalue weighted by Gasteiger charge is 2.38. The first kappa shape index (κ1) is 19.4. The summed E-state index contributed by atoms with van der Waals surface area (Å²) in [5.41, 5.74) is 0. The van der Waals surface area contributed by atoms with E-state index >= 15 is 0 Å². The van der Waals surface area contributed by atoms with Gasteiger partial charge in [0.2, 0.25) is 11.8 Å².